The second-order valence-electron chi connectivity index (χ2n) is 23.5. The highest BCUT2D eigenvalue weighted by atomic mass is 15.2. The molecule has 19 rings (SSSR count). The molecule has 0 radical (unpaired) electrons. The lowest BCUT2D eigenvalue weighted by Gasteiger charge is -2.37. The topological polar surface area (TPSA) is 9.72 Å². The third-order valence-corrected chi connectivity index (χ3v) is 18.8. The van der Waals surface area contributed by atoms with Crippen molar-refractivity contribution in [1.82, 2.24) is 0 Å². The molecule has 86 heavy (non-hydrogen) atoms. The van der Waals surface area contributed by atoms with Crippen molar-refractivity contribution >= 4 is 120 Å². The molecule has 0 aromatic heterocycles. The van der Waals surface area contributed by atoms with E-state index in [0.29, 0.717) is 13.4 Å². The molecule has 400 valence electrons. The summed E-state index contributed by atoms with van der Waals surface area (Å²) in [6.07, 6.45) is 0. The van der Waals surface area contributed by atoms with Gasteiger partial charge >= 0.3 is 0 Å². The highest BCUT2D eigenvalue weighted by Gasteiger charge is 2.46. The molecule has 0 aliphatic carbocycles. The van der Waals surface area contributed by atoms with Gasteiger partial charge in [-0.1, -0.05) is 252 Å². The van der Waals surface area contributed by atoms with Crippen LogP contribution in [0.3, 0.4) is 0 Å². The van der Waals surface area contributed by atoms with Crippen LogP contribution in [0.25, 0.3) is 44.5 Å². The summed E-state index contributed by atoms with van der Waals surface area (Å²) in [4.78, 5) is 7.29. The summed E-state index contributed by atoms with van der Waals surface area (Å²) in [5, 5.41) is 0. The molecule has 0 amide bonds. The highest BCUT2D eigenvalue weighted by molar-refractivity contribution is 7.03. The predicted molar refractivity (Wildman–Crippen MR) is 369 cm³/mol. The van der Waals surface area contributed by atoms with Crippen LogP contribution in [0.2, 0.25) is 0 Å². The number of hydrogen-bond donors (Lipinski definition) is 0. The fraction of sp³-hybridized carbons (Fsp3) is 0.0250. The Hall–Kier alpha value is -10.5. The second-order valence-corrected chi connectivity index (χ2v) is 23.5. The Kier molecular flexibility index (Phi) is 11.7. The van der Waals surface area contributed by atoms with Gasteiger partial charge in [0.25, 0.3) is 0 Å². The van der Waals surface area contributed by atoms with Gasteiger partial charge in [0.1, 0.15) is 0 Å². The van der Waals surface area contributed by atoms with Gasteiger partial charge in [0.05, 0.1) is 0 Å². The molecule has 6 heteroatoms. The van der Waals surface area contributed by atoms with E-state index in [1.165, 1.54) is 156 Å². The monoisotopic (exact) mass is 1090 g/mol. The van der Waals surface area contributed by atoms with Gasteiger partial charge in [-0.05, 0) is 169 Å². The molecule has 0 atom stereocenters. The van der Waals surface area contributed by atoms with Crippen molar-refractivity contribution in [2.45, 2.75) is 13.8 Å². The third-order valence-electron chi connectivity index (χ3n) is 18.8. The van der Waals surface area contributed by atoms with Gasteiger partial charge in [-0.25, -0.2) is 0 Å². The van der Waals surface area contributed by atoms with E-state index in [4.69, 9.17) is 0 Å². The minimum absolute atomic E-state index is 0.240. The van der Waals surface area contributed by atoms with Crippen LogP contribution in [-0.4, -0.2) is 20.1 Å². The molecule has 0 saturated carbocycles. The molecule has 0 fully saturated rings. The Bertz CT molecular complexity index is 4830. The third kappa shape index (κ3) is 7.59. The number of anilines is 9. The fourth-order valence-corrected chi connectivity index (χ4v) is 15.4. The quantitative estimate of drug-likeness (QED) is 0.163. The van der Waals surface area contributed by atoms with Crippen molar-refractivity contribution in [3.8, 4) is 44.5 Å². The minimum Gasteiger partial charge on any atom is -0.312 e. The van der Waals surface area contributed by atoms with E-state index < -0.39 is 0 Å². The maximum absolute atomic E-state index is 2.45. The lowest BCUT2D eigenvalue weighted by atomic mass is 9.36. The van der Waals surface area contributed by atoms with Crippen molar-refractivity contribution in [1.29, 1.82) is 0 Å². The first-order valence-corrected chi connectivity index (χ1v) is 30.2. The van der Waals surface area contributed by atoms with Gasteiger partial charge in [-0.15, -0.1) is 0 Å². The van der Waals surface area contributed by atoms with Crippen molar-refractivity contribution in [3.05, 3.63) is 314 Å². The highest BCUT2D eigenvalue weighted by Crippen LogP contribution is 2.45. The van der Waals surface area contributed by atoms with Crippen molar-refractivity contribution < 1.29 is 0 Å². The van der Waals surface area contributed by atoms with E-state index in [-0.39, 0.29) is 6.71 Å². The molecule has 13 aromatic rings. The summed E-state index contributed by atoms with van der Waals surface area (Å²) < 4.78 is 0. The molecule has 6 aliphatic rings. The Morgan fingerprint density at radius 3 is 1.16 bits per heavy atom. The average molecular weight is 1090 g/mol. The lowest BCUT2D eigenvalue weighted by molar-refractivity contribution is 1.30. The maximum Gasteiger partial charge on any atom is 0.249 e. The van der Waals surface area contributed by atoms with Crippen LogP contribution in [0.1, 0.15) is 11.1 Å². The van der Waals surface area contributed by atoms with E-state index in [1.807, 2.05) is 0 Å². The van der Waals surface area contributed by atoms with Crippen LogP contribution in [0.4, 0.5) is 51.2 Å². The zero-order chi connectivity index (χ0) is 57.0. The van der Waals surface area contributed by atoms with Gasteiger partial charge in [-0.2, -0.15) is 0 Å². The number of nitrogens with zero attached hydrogens (tertiary/aromatic N) is 3. The zero-order valence-electron chi connectivity index (χ0n) is 47.9. The summed E-state index contributed by atoms with van der Waals surface area (Å²) in [6, 6.07) is 110. The summed E-state index contributed by atoms with van der Waals surface area (Å²) >= 11 is 0. The Labute approximate surface area is 505 Å². The maximum atomic E-state index is 2.45. The summed E-state index contributed by atoms with van der Waals surface area (Å²) in [5.74, 6) is 0. The van der Waals surface area contributed by atoms with Gasteiger partial charge in [0, 0.05) is 51.2 Å². The number of rotatable bonds is 4. The zero-order valence-corrected chi connectivity index (χ0v) is 47.9. The first-order valence-electron chi connectivity index (χ1n) is 30.2. The van der Waals surface area contributed by atoms with Gasteiger partial charge < -0.3 is 14.7 Å². The molecule has 13 aromatic carbocycles. The average Bonchev–Trinajstić information content (AvgIpc) is 1.63. The van der Waals surface area contributed by atoms with E-state index in [1.54, 1.807) is 0 Å². The molecule has 0 spiro atoms. The lowest BCUT2D eigenvalue weighted by Crippen LogP contribution is -2.55. The summed E-state index contributed by atoms with van der Waals surface area (Å²) in [7, 11) is 0. The summed E-state index contributed by atoms with van der Waals surface area (Å²) in [5.41, 5.74) is 37.7. The molecular formula is C80H56B3N3. The smallest absolute Gasteiger partial charge is 0.249 e. The van der Waals surface area contributed by atoms with E-state index in [9.17, 15) is 0 Å². The molecule has 6 heterocycles. The molecule has 6 aliphatic heterocycles. The molecule has 3 nitrogen and oxygen atoms in total. The van der Waals surface area contributed by atoms with Crippen LogP contribution < -0.4 is 63.9 Å². The first kappa shape index (κ1) is 50.0. The van der Waals surface area contributed by atoms with Crippen molar-refractivity contribution in [2.24, 2.45) is 0 Å². The normalized spacial score (nSPS) is 13.1. The molecule has 0 N–H and O–H groups in total. The van der Waals surface area contributed by atoms with E-state index in [0.717, 1.165) is 0 Å². The van der Waals surface area contributed by atoms with E-state index in [2.05, 4.69) is 332 Å². The van der Waals surface area contributed by atoms with E-state index >= 15 is 0 Å². The first-order chi connectivity index (χ1) is 42.6. The molecule has 0 saturated heterocycles. The molecule has 0 unspecified atom stereocenters. The Balaban J connectivity index is 0.000000101. The van der Waals surface area contributed by atoms with Crippen LogP contribution >= 0.6 is 0 Å². The number of aryl methyl sites for hydroxylation is 2. The van der Waals surface area contributed by atoms with Crippen LogP contribution in [0.5, 0.6) is 0 Å². The number of hydrogen-bond acceptors (Lipinski definition) is 3. The summed E-state index contributed by atoms with van der Waals surface area (Å²) in [6.45, 7) is 5.30. The second kappa shape index (κ2) is 20.1. The predicted octanol–water partition coefficient (Wildman–Crippen LogP) is 14.2. The van der Waals surface area contributed by atoms with Gasteiger partial charge in [0.2, 0.25) is 20.1 Å². The van der Waals surface area contributed by atoms with Crippen LogP contribution in [0, 0.1) is 13.8 Å². The van der Waals surface area contributed by atoms with Gasteiger partial charge in [-0.3, -0.25) is 0 Å². The molecule has 0 bridgehead atoms. The fourth-order valence-electron chi connectivity index (χ4n) is 15.4. The van der Waals surface area contributed by atoms with Crippen molar-refractivity contribution in [2.75, 3.05) is 14.7 Å². The minimum atomic E-state index is 0.240. The number of para-hydroxylation sites is 5. The molecular weight excluding hydrogens is 1040 g/mol. The number of fused-ring (bicyclic) bond motifs is 15. The Morgan fingerprint density at radius 1 is 0.233 bits per heavy atom. The SMILES string of the molecule is Cc1ccc2c(c1)-c1cccc3c1B2c1ccccc1N3c1ccccc1.Cc1cccc2c1-c1cccc3c1B2c1ccccc1N3c1ccccc1.c1ccc(-c2cccc3c2B2c4ccccc4-c4cccc(c42)N3c2ccccc2)cc1. The van der Waals surface area contributed by atoms with Gasteiger partial charge in [0.15, 0.2) is 0 Å². The van der Waals surface area contributed by atoms with Crippen molar-refractivity contribution in [3.63, 3.8) is 0 Å². The standard InChI is InChI=1S/C30H20BN.2C25H18BN/c1-3-11-21(12-4-1)23-16-9-19-27-29(23)31-26-18-8-7-15-24(26)25-17-10-20-28(30(25)31)32(27)22-13-5-2-6-14-22;1-17-9-7-14-21-24(17)19-12-8-16-23-25(19)26(21)20-13-5-6-15-22(20)27(23)18-10-3-2-4-11-18;1-17-14-15-21-20(16-17)19-10-7-13-24-25(19)26(21)22-11-5-6-12-23(22)27(24)18-8-3-2-4-9-18/h1-20H;2*2-16H,1H3. The largest absolute Gasteiger partial charge is 0.312 e. The Morgan fingerprint density at radius 2 is 0.593 bits per heavy atom. The van der Waals surface area contributed by atoms with Crippen LogP contribution in [0.15, 0.2) is 303 Å². The number of benzene rings is 13. The van der Waals surface area contributed by atoms with Crippen LogP contribution in [-0.2, 0) is 0 Å².